The minimum absolute atomic E-state index is 0.0149. The smallest absolute Gasteiger partial charge is 0.266 e. The standard InChI is InChI=1S/C17H17BrN6O3/c1-22-16-14(15(18)21-22)17(27)23(10-20-16)9-13(26)24(8-7-12(19)25)11-5-3-2-4-6-11/h2-6,10H,7-9H2,1H3,(H2,19,25). The van der Waals surface area contributed by atoms with Crippen LogP contribution in [-0.4, -0.2) is 37.7 Å². The summed E-state index contributed by atoms with van der Waals surface area (Å²) in [7, 11) is 1.68. The Morgan fingerprint density at radius 3 is 2.63 bits per heavy atom. The van der Waals surface area contributed by atoms with Crippen LogP contribution in [0.1, 0.15) is 6.42 Å². The summed E-state index contributed by atoms with van der Waals surface area (Å²) in [6, 6.07) is 8.89. The van der Waals surface area contributed by atoms with Gasteiger partial charge in [0, 0.05) is 25.7 Å². The van der Waals surface area contributed by atoms with E-state index in [9.17, 15) is 14.4 Å². The van der Waals surface area contributed by atoms with E-state index in [4.69, 9.17) is 5.73 Å². The first-order valence-electron chi connectivity index (χ1n) is 8.10. The quantitative estimate of drug-likeness (QED) is 0.618. The number of para-hydroxylation sites is 1. The molecule has 27 heavy (non-hydrogen) atoms. The number of hydrogen-bond acceptors (Lipinski definition) is 5. The van der Waals surface area contributed by atoms with Gasteiger partial charge in [0.05, 0.1) is 0 Å². The van der Waals surface area contributed by atoms with Crippen LogP contribution < -0.4 is 16.2 Å². The van der Waals surface area contributed by atoms with Crippen molar-refractivity contribution >= 4 is 44.5 Å². The Balaban J connectivity index is 1.92. The third-order valence-electron chi connectivity index (χ3n) is 4.02. The van der Waals surface area contributed by atoms with Crippen molar-refractivity contribution in [3.05, 3.63) is 51.6 Å². The predicted octanol–water partition coefficient (Wildman–Crippen LogP) is 0.801. The third-order valence-corrected chi connectivity index (χ3v) is 4.58. The molecule has 0 aliphatic carbocycles. The molecule has 2 N–H and O–H groups in total. The van der Waals surface area contributed by atoms with Crippen molar-refractivity contribution in [1.29, 1.82) is 0 Å². The first kappa shape index (κ1) is 18.8. The lowest BCUT2D eigenvalue weighted by molar-refractivity contribution is -0.119. The normalized spacial score (nSPS) is 10.9. The number of primary amides is 1. The summed E-state index contributed by atoms with van der Waals surface area (Å²) in [5, 5.41) is 4.42. The maximum Gasteiger partial charge on any atom is 0.266 e. The van der Waals surface area contributed by atoms with E-state index in [0.29, 0.717) is 21.3 Å². The highest BCUT2D eigenvalue weighted by molar-refractivity contribution is 9.10. The summed E-state index contributed by atoms with van der Waals surface area (Å²) in [5.41, 5.74) is 5.88. The van der Waals surface area contributed by atoms with E-state index in [1.54, 1.807) is 31.3 Å². The summed E-state index contributed by atoms with van der Waals surface area (Å²) in [5.74, 6) is -0.867. The van der Waals surface area contributed by atoms with Crippen LogP contribution >= 0.6 is 15.9 Å². The first-order valence-corrected chi connectivity index (χ1v) is 8.89. The van der Waals surface area contributed by atoms with Crippen molar-refractivity contribution in [2.45, 2.75) is 13.0 Å². The fourth-order valence-corrected chi connectivity index (χ4v) is 3.29. The van der Waals surface area contributed by atoms with Crippen LogP contribution in [0.25, 0.3) is 11.0 Å². The summed E-state index contributed by atoms with van der Waals surface area (Å²) < 4.78 is 3.07. The number of halogens is 1. The number of carbonyl (C=O) groups excluding carboxylic acids is 2. The van der Waals surface area contributed by atoms with Crippen molar-refractivity contribution in [3.63, 3.8) is 0 Å². The Morgan fingerprint density at radius 2 is 1.96 bits per heavy atom. The number of anilines is 1. The molecule has 3 rings (SSSR count). The van der Waals surface area contributed by atoms with Gasteiger partial charge in [-0.15, -0.1) is 0 Å². The number of fused-ring (bicyclic) bond motifs is 1. The molecule has 1 aromatic carbocycles. The zero-order chi connectivity index (χ0) is 19.6. The molecule has 0 spiro atoms. The van der Waals surface area contributed by atoms with E-state index in [0.717, 1.165) is 0 Å². The largest absolute Gasteiger partial charge is 0.370 e. The molecule has 2 aromatic heterocycles. The Morgan fingerprint density at radius 1 is 1.26 bits per heavy atom. The molecule has 0 unspecified atom stereocenters. The van der Waals surface area contributed by atoms with Gasteiger partial charge in [-0.05, 0) is 28.1 Å². The molecule has 0 saturated carbocycles. The molecule has 9 nitrogen and oxygen atoms in total. The summed E-state index contributed by atoms with van der Waals surface area (Å²) >= 11 is 3.24. The second-order valence-corrected chi connectivity index (χ2v) is 6.64. The minimum atomic E-state index is -0.511. The average molecular weight is 433 g/mol. The fourth-order valence-electron chi connectivity index (χ4n) is 2.71. The zero-order valence-electron chi connectivity index (χ0n) is 14.5. The number of carbonyl (C=O) groups is 2. The Labute approximate surface area is 162 Å². The fraction of sp³-hybridized carbons (Fsp3) is 0.235. The topological polar surface area (TPSA) is 116 Å². The number of hydrogen-bond donors (Lipinski definition) is 1. The van der Waals surface area contributed by atoms with E-state index in [2.05, 4.69) is 26.0 Å². The predicted molar refractivity (Wildman–Crippen MR) is 103 cm³/mol. The lowest BCUT2D eigenvalue weighted by atomic mass is 10.2. The number of nitrogens with two attached hydrogens (primary N) is 1. The Bertz CT molecular complexity index is 1060. The molecule has 0 radical (unpaired) electrons. The van der Waals surface area contributed by atoms with Gasteiger partial charge in [-0.2, -0.15) is 5.10 Å². The first-order chi connectivity index (χ1) is 12.9. The third kappa shape index (κ3) is 3.90. The van der Waals surface area contributed by atoms with Crippen LogP contribution in [0.4, 0.5) is 5.69 Å². The number of nitrogens with zero attached hydrogens (tertiary/aromatic N) is 5. The van der Waals surface area contributed by atoms with Gasteiger partial charge in [-0.3, -0.25) is 19.0 Å². The zero-order valence-corrected chi connectivity index (χ0v) is 16.1. The second-order valence-electron chi connectivity index (χ2n) is 5.89. The van der Waals surface area contributed by atoms with Crippen molar-refractivity contribution in [3.8, 4) is 0 Å². The number of benzene rings is 1. The molecule has 0 fully saturated rings. The molecule has 0 saturated heterocycles. The summed E-state index contributed by atoms with van der Waals surface area (Å²) in [6.07, 6.45) is 1.33. The van der Waals surface area contributed by atoms with Gasteiger partial charge in [-0.1, -0.05) is 18.2 Å². The summed E-state index contributed by atoms with van der Waals surface area (Å²) in [6.45, 7) is -0.101. The van der Waals surface area contributed by atoms with E-state index < -0.39 is 5.91 Å². The lowest BCUT2D eigenvalue weighted by Crippen LogP contribution is -2.38. The number of rotatable bonds is 6. The highest BCUT2D eigenvalue weighted by Gasteiger charge is 2.19. The molecule has 0 bridgehead atoms. The number of amides is 2. The molecule has 140 valence electrons. The maximum atomic E-state index is 12.9. The van der Waals surface area contributed by atoms with Gasteiger partial charge in [0.1, 0.15) is 22.9 Å². The van der Waals surface area contributed by atoms with Crippen LogP contribution in [0.15, 0.2) is 46.1 Å². The van der Waals surface area contributed by atoms with Gasteiger partial charge in [0.15, 0.2) is 5.65 Å². The van der Waals surface area contributed by atoms with Gasteiger partial charge >= 0.3 is 0 Å². The van der Waals surface area contributed by atoms with Crippen LogP contribution in [0.5, 0.6) is 0 Å². The van der Waals surface area contributed by atoms with E-state index in [1.165, 1.54) is 20.5 Å². The van der Waals surface area contributed by atoms with Crippen molar-refractivity contribution < 1.29 is 9.59 Å². The maximum absolute atomic E-state index is 12.9. The van der Waals surface area contributed by atoms with Gasteiger partial charge in [-0.25, -0.2) is 9.67 Å². The van der Waals surface area contributed by atoms with Gasteiger partial charge in [0.25, 0.3) is 5.56 Å². The molecule has 2 amide bonds. The Hall–Kier alpha value is -3.01. The monoisotopic (exact) mass is 432 g/mol. The highest BCUT2D eigenvalue weighted by atomic mass is 79.9. The molecule has 0 aliphatic heterocycles. The Kier molecular flexibility index (Phi) is 5.36. The van der Waals surface area contributed by atoms with Gasteiger partial charge < -0.3 is 10.6 Å². The van der Waals surface area contributed by atoms with Gasteiger partial charge in [0.2, 0.25) is 11.8 Å². The minimum Gasteiger partial charge on any atom is -0.370 e. The van der Waals surface area contributed by atoms with Crippen LogP contribution in [0, 0.1) is 0 Å². The summed E-state index contributed by atoms with van der Waals surface area (Å²) in [4.78, 5) is 42.4. The van der Waals surface area contributed by atoms with E-state index >= 15 is 0 Å². The van der Waals surface area contributed by atoms with Crippen LogP contribution in [0.3, 0.4) is 0 Å². The van der Waals surface area contributed by atoms with Crippen molar-refractivity contribution in [2.24, 2.45) is 12.8 Å². The van der Waals surface area contributed by atoms with Crippen LogP contribution in [0.2, 0.25) is 0 Å². The van der Waals surface area contributed by atoms with E-state index in [1.807, 2.05) is 6.07 Å². The average Bonchev–Trinajstić information content (AvgIpc) is 2.92. The molecule has 3 aromatic rings. The molecular weight excluding hydrogens is 416 g/mol. The molecule has 2 heterocycles. The highest BCUT2D eigenvalue weighted by Crippen LogP contribution is 2.17. The van der Waals surface area contributed by atoms with E-state index in [-0.39, 0.29) is 31.0 Å². The second kappa shape index (κ2) is 7.70. The lowest BCUT2D eigenvalue weighted by Gasteiger charge is -2.22. The number of aromatic nitrogens is 4. The van der Waals surface area contributed by atoms with Crippen molar-refractivity contribution in [2.75, 3.05) is 11.4 Å². The van der Waals surface area contributed by atoms with Crippen molar-refractivity contribution in [1.82, 2.24) is 19.3 Å². The van der Waals surface area contributed by atoms with Crippen LogP contribution in [-0.2, 0) is 23.2 Å². The number of aryl methyl sites for hydroxylation is 1. The molecule has 10 heteroatoms. The SMILES string of the molecule is Cn1nc(Br)c2c(=O)n(CC(=O)N(CCC(N)=O)c3ccccc3)cnc21. The molecular formula is C17H17BrN6O3. The molecule has 0 atom stereocenters. The molecule has 0 aliphatic rings.